The van der Waals surface area contributed by atoms with Crippen LogP contribution in [0.2, 0.25) is 0 Å². The summed E-state index contributed by atoms with van der Waals surface area (Å²) in [5, 5.41) is 6.72. The summed E-state index contributed by atoms with van der Waals surface area (Å²) in [7, 11) is 0. The number of carbonyl (C=O) groups is 1. The Bertz CT molecular complexity index is 644. The lowest BCUT2D eigenvalue weighted by molar-refractivity contribution is 0.0957. The van der Waals surface area contributed by atoms with Gasteiger partial charge in [0, 0.05) is 12.1 Å². The smallest absolute Gasteiger partial charge is 0.257 e. The van der Waals surface area contributed by atoms with Crippen LogP contribution in [0.15, 0.2) is 52.7 Å². The summed E-state index contributed by atoms with van der Waals surface area (Å²) in [5.74, 6) is 0.382. The average Bonchev–Trinajstić information content (AvgIpc) is 3.04. The van der Waals surface area contributed by atoms with E-state index in [4.69, 9.17) is 4.52 Å². The zero-order valence-electron chi connectivity index (χ0n) is 11.8. The van der Waals surface area contributed by atoms with Gasteiger partial charge in [-0.3, -0.25) is 4.79 Å². The quantitative estimate of drug-likeness (QED) is 0.872. The van der Waals surface area contributed by atoms with Crippen molar-refractivity contribution in [3.63, 3.8) is 0 Å². The largest absolute Gasteiger partial charge is 0.355 e. The van der Waals surface area contributed by atoms with E-state index in [1.807, 2.05) is 30.3 Å². The molecule has 2 aromatic rings. The van der Waals surface area contributed by atoms with Gasteiger partial charge in [0.25, 0.3) is 5.91 Å². The predicted octanol–water partition coefficient (Wildman–Crippen LogP) is 3.57. The maximum absolute atomic E-state index is 12.3. The number of carbonyl (C=O) groups excluding carboxylic acids is 1. The zero-order valence-corrected chi connectivity index (χ0v) is 11.8. The molecule has 4 heteroatoms. The second-order valence-electron chi connectivity index (χ2n) is 5.23. The first-order valence-corrected chi connectivity index (χ1v) is 7.31. The number of hydrogen-bond acceptors (Lipinski definition) is 3. The third kappa shape index (κ3) is 3.21. The third-order valence-electron chi connectivity index (χ3n) is 3.71. The number of amides is 1. The van der Waals surface area contributed by atoms with E-state index in [2.05, 4.69) is 16.5 Å². The van der Waals surface area contributed by atoms with Crippen LogP contribution in [0.25, 0.3) is 11.3 Å². The molecular weight excluding hydrogens is 264 g/mol. The molecule has 0 aliphatic heterocycles. The van der Waals surface area contributed by atoms with Crippen LogP contribution in [0, 0.1) is 0 Å². The van der Waals surface area contributed by atoms with Crippen LogP contribution in [-0.4, -0.2) is 17.6 Å². The van der Waals surface area contributed by atoms with Gasteiger partial charge in [0.2, 0.25) is 0 Å². The van der Waals surface area contributed by atoms with Crippen molar-refractivity contribution in [3.8, 4) is 11.3 Å². The zero-order chi connectivity index (χ0) is 14.5. The summed E-state index contributed by atoms with van der Waals surface area (Å²) in [6, 6.07) is 9.55. The van der Waals surface area contributed by atoms with Crippen molar-refractivity contribution in [1.29, 1.82) is 0 Å². The Kier molecular flexibility index (Phi) is 4.15. The van der Waals surface area contributed by atoms with E-state index in [9.17, 15) is 4.79 Å². The lowest BCUT2D eigenvalue weighted by atomic mass is 9.99. The van der Waals surface area contributed by atoms with Gasteiger partial charge in [-0.1, -0.05) is 47.1 Å². The molecule has 0 unspecified atom stereocenters. The second-order valence-corrected chi connectivity index (χ2v) is 5.23. The number of nitrogens with one attached hydrogen (secondary N) is 1. The van der Waals surface area contributed by atoms with Crippen molar-refractivity contribution in [1.82, 2.24) is 10.5 Å². The van der Waals surface area contributed by atoms with Crippen LogP contribution in [0.5, 0.6) is 0 Å². The lowest BCUT2D eigenvalue weighted by Gasteiger charge is -2.13. The van der Waals surface area contributed by atoms with Gasteiger partial charge in [-0.25, -0.2) is 0 Å². The fourth-order valence-electron chi connectivity index (χ4n) is 2.55. The number of benzene rings is 1. The molecule has 0 radical (unpaired) electrons. The van der Waals surface area contributed by atoms with Gasteiger partial charge >= 0.3 is 0 Å². The number of rotatable bonds is 4. The Hall–Kier alpha value is -2.36. The highest BCUT2D eigenvalue weighted by Gasteiger charge is 2.17. The maximum atomic E-state index is 12.3. The molecule has 1 aromatic carbocycles. The molecule has 0 atom stereocenters. The molecule has 0 fully saturated rings. The number of nitrogens with zero attached hydrogens (tertiary/aromatic N) is 1. The number of allylic oxidation sites excluding steroid dienone is 1. The van der Waals surface area contributed by atoms with Crippen LogP contribution in [0.4, 0.5) is 0 Å². The van der Waals surface area contributed by atoms with Crippen LogP contribution in [0.3, 0.4) is 0 Å². The summed E-state index contributed by atoms with van der Waals surface area (Å²) in [5.41, 5.74) is 2.65. The van der Waals surface area contributed by atoms with Gasteiger partial charge in [0.15, 0.2) is 5.76 Å². The molecular formula is C17H18N2O2. The predicted molar refractivity (Wildman–Crippen MR) is 80.8 cm³/mol. The van der Waals surface area contributed by atoms with E-state index in [1.165, 1.54) is 24.6 Å². The Morgan fingerprint density at radius 1 is 1.24 bits per heavy atom. The third-order valence-corrected chi connectivity index (χ3v) is 3.71. The van der Waals surface area contributed by atoms with E-state index in [0.29, 0.717) is 17.9 Å². The van der Waals surface area contributed by atoms with E-state index < -0.39 is 0 Å². The first-order chi connectivity index (χ1) is 10.3. The van der Waals surface area contributed by atoms with Gasteiger partial charge in [0.1, 0.15) is 5.56 Å². The minimum atomic E-state index is -0.137. The summed E-state index contributed by atoms with van der Waals surface area (Å²) in [6.07, 6.45) is 8.37. The minimum Gasteiger partial charge on any atom is -0.355 e. The SMILES string of the molecule is O=C(NCC1=CCCCC1)c1cnoc1-c1ccccc1. The standard InChI is InChI=1S/C17H18N2O2/c20-17(18-11-13-7-3-1-4-8-13)15-12-19-21-16(15)14-9-5-2-6-10-14/h2,5-7,9-10,12H,1,3-4,8,11H2,(H,18,20). The van der Waals surface area contributed by atoms with Crippen LogP contribution in [-0.2, 0) is 0 Å². The molecule has 0 bridgehead atoms. The van der Waals surface area contributed by atoms with Crippen LogP contribution in [0.1, 0.15) is 36.0 Å². The Labute approximate surface area is 123 Å². The minimum absolute atomic E-state index is 0.137. The summed E-state index contributed by atoms with van der Waals surface area (Å²) >= 11 is 0. The molecule has 0 saturated carbocycles. The summed E-state index contributed by atoms with van der Waals surface area (Å²) < 4.78 is 5.24. The number of hydrogen-bond donors (Lipinski definition) is 1. The van der Waals surface area contributed by atoms with E-state index in [-0.39, 0.29) is 5.91 Å². The molecule has 1 amide bonds. The van der Waals surface area contributed by atoms with Gasteiger partial charge in [-0.05, 0) is 25.7 Å². The lowest BCUT2D eigenvalue weighted by Crippen LogP contribution is -2.26. The topological polar surface area (TPSA) is 55.1 Å². The highest BCUT2D eigenvalue weighted by molar-refractivity contribution is 5.99. The van der Waals surface area contributed by atoms with Crippen molar-refractivity contribution < 1.29 is 9.32 Å². The van der Waals surface area contributed by atoms with Crippen LogP contribution < -0.4 is 5.32 Å². The van der Waals surface area contributed by atoms with Gasteiger partial charge in [-0.15, -0.1) is 0 Å². The van der Waals surface area contributed by atoms with Crippen molar-refractivity contribution in [3.05, 3.63) is 53.7 Å². The van der Waals surface area contributed by atoms with Crippen molar-refractivity contribution >= 4 is 5.91 Å². The van der Waals surface area contributed by atoms with Crippen molar-refractivity contribution in [2.75, 3.05) is 6.54 Å². The second kappa shape index (κ2) is 6.39. The first-order valence-electron chi connectivity index (χ1n) is 7.31. The molecule has 1 N–H and O–H groups in total. The molecule has 0 saturated heterocycles. The molecule has 1 aliphatic carbocycles. The van der Waals surface area contributed by atoms with Crippen molar-refractivity contribution in [2.24, 2.45) is 0 Å². The van der Waals surface area contributed by atoms with Gasteiger partial charge in [-0.2, -0.15) is 0 Å². The molecule has 4 nitrogen and oxygen atoms in total. The molecule has 21 heavy (non-hydrogen) atoms. The highest BCUT2D eigenvalue weighted by Crippen LogP contribution is 2.23. The average molecular weight is 282 g/mol. The molecule has 1 heterocycles. The van der Waals surface area contributed by atoms with E-state index >= 15 is 0 Å². The maximum Gasteiger partial charge on any atom is 0.257 e. The highest BCUT2D eigenvalue weighted by atomic mass is 16.5. The van der Waals surface area contributed by atoms with Gasteiger partial charge in [0.05, 0.1) is 6.20 Å². The fraction of sp³-hybridized carbons (Fsp3) is 0.294. The molecule has 0 spiro atoms. The number of aromatic nitrogens is 1. The molecule has 3 rings (SSSR count). The van der Waals surface area contributed by atoms with E-state index in [0.717, 1.165) is 18.4 Å². The Morgan fingerprint density at radius 2 is 2.10 bits per heavy atom. The Morgan fingerprint density at radius 3 is 2.86 bits per heavy atom. The Balaban J connectivity index is 1.71. The summed E-state index contributed by atoms with van der Waals surface area (Å²) in [4.78, 5) is 12.3. The fourth-order valence-corrected chi connectivity index (χ4v) is 2.55. The first kappa shape index (κ1) is 13.6. The van der Waals surface area contributed by atoms with Gasteiger partial charge < -0.3 is 9.84 Å². The monoisotopic (exact) mass is 282 g/mol. The van der Waals surface area contributed by atoms with E-state index in [1.54, 1.807) is 0 Å². The normalized spacial score (nSPS) is 14.6. The summed E-state index contributed by atoms with van der Waals surface area (Å²) in [6.45, 7) is 0.609. The molecule has 1 aromatic heterocycles. The van der Waals surface area contributed by atoms with Crippen LogP contribution >= 0.6 is 0 Å². The molecule has 108 valence electrons. The molecule has 1 aliphatic rings. The van der Waals surface area contributed by atoms with Crippen molar-refractivity contribution in [2.45, 2.75) is 25.7 Å².